The number of esters is 1. The normalized spacial score (nSPS) is 24.6. The number of carbonyl (C=O) groups excluding carboxylic acids is 1. The highest BCUT2D eigenvalue weighted by Crippen LogP contribution is 2.43. The smallest absolute Gasteiger partial charge is 0.337 e. The van der Waals surface area contributed by atoms with Crippen molar-refractivity contribution in [3.8, 4) is 28.6 Å². The van der Waals surface area contributed by atoms with Gasteiger partial charge in [-0.05, 0) is 0 Å². The van der Waals surface area contributed by atoms with Gasteiger partial charge < -0.3 is 43.8 Å². The first-order valence-electron chi connectivity index (χ1n) is 10.1. The van der Waals surface area contributed by atoms with E-state index in [1.807, 2.05) is 0 Å². The standard InChI is InChI=1S/C23H22O11/c1-30-20-14(33-23-19(28)17(26)18(27)21(34-23)22(29)31-2)9-13-15(16(20)25)11(24)8-12(32-13)10-6-4-3-5-7-10/h3-9,17-19,21,23,25-28H,1-2H3/t17-,18-,19+,21-,23-/m0/s1. The molecule has 1 aliphatic heterocycles. The highest BCUT2D eigenvalue weighted by Gasteiger charge is 2.48. The lowest BCUT2D eigenvalue weighted by molar-refractivity contribution is -0.272. The predicted octanol–water partition coefficient (Wildman–Crippen LogP) is 0.534. The van der Waals surface area contributed by atoms with Crippen LogP contribution in [0.4, 0.5) is 0 Å². The van der Waals surface area contributed by atoms with Gasteiger partial charge in [-0.1, -0.05) is 30.3 Å². The fourth-order valence-electron chi connectivity index (χ4n) is 3.67. The second-order valence-corrected chi connectivity index (χ2v) is 7.51. The number of hydrogen-bond acceptors (Lipinski definition) is 11. The Morgan fingerprint density at radius 2 is 1.71 bits per heavy atom. The maximum absolute atomic E-state index is 12.8. The maximum atomic E-state index is 12.8. The van der Waals surface area contributed by atoms with E-state index >= 15 is 0 Å². The minimum atomic E-state index is -1.81. The van der Waals surface area contributed by atoms with Crippen LogP contribution in [0.2, 0.25) is 0 Å². The van der Waals surface area contributed by atoms with Gasteiger partial charge in [-0.25, -0.2) is 4.79 Å². The van der Waals surface area contributed by atoms with E-state index in [2.05, 4.69) is 4.74 Å². The first kappa shape index (κ1) is 23.5. The first-order chi connectivity index (χ1) is 16.3. The van der Waals surface area contributed by atoms with Crippen molar-refractivity contribution in [2.24, 2.45) is 0 Å². The highest BCUT2D eigenvalue weighted by atomic mass is 16.7. The van der Waals surface area contributed by atoms with E-state index in [4.69, 9.17) is 18.6 Å². The number of aliphatic hydroxyl groups excluding tert-OH is 3. The maximum Gasteiger partial charge on any atom is 0.337 e. The molecule has 0 spiro atoms. The summed E-state index contributed by atoms with van der Waals surface area (Å²) in [7, 11) is 2.27. The van der Waals surface area contributed by atoms with Crippen LogP contribution in [0.5, 0.6) is 17.2 Å². The molecule has 11 heteroatoms. The molecule has 11 nitrogen and oxygen atoms in total. The average Bonchev–Trinajstić information content (AvgIpc) is 2.84. The number of phenolic OH excluding ortho intramolecular Hbond substituents is 1. The molecule has 1 fully saturated rings. The Hall–Kier alpha value is -3.64. The van der Waals surface area contributed by atoms with Crippen LogP contribution in [0.25, 0.3) is 22.3 Å². The third kappa shape index (κ3) is 4.05. The van der Waals surface area contributed by atoms with Gasteiger partial charge in [-0.15, -0.1) is 0 Å². The molecule has 2 heterocycles. The number of phenols is 1. The van der Waals surface area contributed by atoms with Crippen molar-refractivity contribution in [1.29, 1.82) is 0 Å². The minimum Gasteiger partial charge on any atom is -0.504 e. The van der Waals surface area contributed by atoms with Crippen molar-refractivity contribution in [3.05, 3.63) is 52.7 Å². The van der Waals surface area contributed by atoms with Crippen LogP contribution in [0.3, 0.4) is 0 Å². The quantitative estimate of drug-likeness (QED) is 0.381. The summed E-state index contributed by atoms with van der Waals surface area (Å²) in [5.41, 5.74) is 0.0131. The zero-order chi connectivity index (χ0) is 24.6. The number of ether oxygens (including phenoxy) is 4. The molecule has 180 valence electrons. The summed E-state index contributed by atoms with van der Waals surface area (Å²) in [6, 6.07) is 11.3. The Labute approximate surface area is 192 Å². The number of benzene rings is 2. The number of aliphatic hydroxyl groups is 3. The minimum absolute atomic E-state index is 0.0601. The molecule has 5 atom stereocenters. The van der Waals surface area contributed by atoms with E-state index in [9.17, 15) is 30.0 Å². The zero-order valence-electron chi connectivity index (χ0n) is 18.1. The molecule has 1 aromatic heterocycles. The molecule has 0 unspecified atom stereocenters. The number of aromatic hydroxyl groups is 1. The second-order valence-electron chi connectivity index (χ2n) is 7.51. The molecule has 3 aromatic rings. The molecular formula is C23H22O11. The summed E-state index contributed by atoms with van der Waals surface area (Å²) in [5, 5.41) is 41.1. The topological polar surface area (TPSA) is 165 Å². The highest BCUT2D eigenvalue weighted by molar-refractivity contribution is 5.89. The monoisotopic (exact) mass is 474 g/mol. The number of rotatable bonds is 5. The van der Waals surface area contributed by atoms with Gasteiger partial charge in [-0.3, -0.25) is 4.79 Å². The molecule has 4 N–H and O–H groups in total. The number of carbonyl (C=O) groups is 1. The van der Waals surface area contributed by atoms with Crippen LogP contribution in [0.15, 0.2) is 51.7 Å². The van der Waals surface area contributed by atoms with Gasteiger partial charge in [0.2, 0.25) is 12.0 Å². The van der Waals surface area contributed by atoms with E-state index in [0.717, 1.165) is 7.11 Å². The van der Waals surface area contributed by atoms with Crippen LogP contribution in [0, 0.1) is 0 Å². The lowest BCUT2D eigenvalue weighted by Crippen LogP contribution is -2.61. The Kier molecular flexibility index (Phi) is 6.44. The van der Waals surface area contributed by atoms with E-state index in [-0.39, 0.29) is 28.2 Å². The van der Waals surface area contributed by atoms with Crippen molar-refractivity contribution < 1.29 is 48.6 Å². The average molecular weight is 474 g/mol. The largest absolute Gasteiger partial charge is 0.504 e. The summed E-state index contributed by atoms with van der Waals surface area (Å²) in [6.07, 6.45) is -8.72. The molecule has 34 heavy (non-hydrogen) atoms. The van der Waals surface area contributed by atoms with Gasteiger partial charge in [0.05, 0.1) is 14.2 Å². The van der Waals surface area contributed by atoms with Crippen LogP contribution in [-0.2, 0) is 14.3 Å². The summed E-state index contributed by atoms with van der Waals surface area (Å²) in [4.78, 5) is 24.7. The number of methoxy groups -OCH3 is 2. The second kappa shape index (κ2) is 9.31. The third-order valence-electron chi connectivity index (χ3n) is 5.42. The fourth-order valence-corrected chi connectivity index (χ4v) is 3.67. The SMILES string of the molecule is COC(=O)[C@H]1O[C@H](Oc2cc3oc(-c4ccccc4)cc(=O)c3c(O)c2OC)[C@H](O)[C@@H](O)[C@@H]1O. The van der Waals surface area contributed by atoms with E-state index in [1.54, 1.807) is 30.3 Å². The lowest BCUT2D eigenvalue weighted by atomic mass is 9.99. The van der Waals surface area contributed by atoms with E-state index in [0.29, 0.717) is 5.56 Å². The molecule has 0 aliphatic carbocycles. The number of hydrogen-bond donors (Lipinski definition) is 4. The van der Waals surface area contributed by atoms with E-state index < -0.39 is 47.9 Å². The van der Waals surface area contributed by atoms with Crippen LogP contribution in [-0.4, -0.2) is 71.3 Å². The van der Waals surface area contributed by atoms with Gasteiger partial charge in [-0.2, -0.15) is 0 Å². The molecule has 2 aromatic carbocycles. The van der Waals surface area contributed by atoms with Crippen molar-refractivity contribution in [2.75, 3.05) is 14.2 Å². The molecule has 0 saturated carbocycles. The number of fused-ring (bicyclic) bond motifs is 1. The van der Waals surface area contributed by atoms with Crippen molar-refractivity contribution in [3.63, 3.8) is 0 Å². The Morgan fingerprint density at radius 3 is 2.35 bits per heavy atom. The van der Waals surface area contributed by atoms with Crippen LogP contribution < -0.4 is 14.9 Å². The molecular weight excluding hydrogens is 452 g/mol. The van der Waals surface area contributed by atoms with Crippen LogP contribution >= 0.6 is 0 Å². The Morgan fingerprint density at radius 1 is 1.00 bits per heavy atom. The molecule has 0 amide bonds. The summed E-state index contributed by atoms with van der Waals surface area (Å²) < 4.78 is 26.5. The van der Waals surface area contributed by atoms with Crippen molar-refractivity contribution in [2.45, 2.75) is 30.7 Å². The van der Waals surface area contributed by atoms with Gasteiger partial charge >= 0.3 is 5.97 Å². The molecule has 0 radical (unpaired) electrons. The Bertz CT molecular complexity index is 1250. The molecule has 1 aliphatic rings. The zero-order valence-corrected chi connectivity index (χ0v) is 18.1. The van der Waals surface area contributed by atoms with Crippen LogP contribution in [0.1, 0.15) is 0 Å². The summed E-state index contributed by atoms with van der Waals surface area (Å²) in [6.45, 7) is 0. The Balaban J connectivity index is 1.78. The van der Waals surface area contributed by atoms with Crippen molar-refractivity contribution >= 4 is 16.9 Å². The van der Waals surface area contributed by atoms with Gasteiger partial charge in [0.15, 0.2) is 23.0 Å². The summed E-state index contributed by atoms with van der Waals surface area (Å²) in [5.74, 6) is -1.86. The van der Waals surface area contributed by atoms with Crippen molar-refractivity contribution in [1.82, 2.24) is 0 Å². The lowest BCUT2D eigenvalue weighted by Gasteiger charge is -2.38. The third-order valence-corrected chi connectivity index (χ3v) is 5.42. The van der Waals surface area contributed by atoms with E-state index in [1.165, 1.54) is 19.2 Å². The van der Waals surface area contributed by atoms with Gasteiger partial charge in [0.25, 0.3) is 0 Å². The molecule has 0 bridgehead atoms. The predicted molar refractivity (Wildman–Crippen MR) is 115 cm³/mol. The molecule has 1 saturated heterocycles. The first-order valence-corrected chi connectivity index (χ1v) is 10.1. The summed E-state index contributed by atoms with van der Waals surface area (Å²) >= 11 is 0. The van der Waals surface area contributed by atoms with Gasteiger partial charge in [0.1, 0.15) is 35.0 Å². The van der Waals surface area contributed by atoms with Gasteiger partial charge in [0, 0.05) is 17.7 Å². The fraction of sp³-hybridized carbons (Fsp3) is 0.304. The molecule has 4 rings (SSSR count).